The zero-order valence-electron chi connectivity index (χ0n) is 15.8. The van der Waals surface area contributed by atoms with E-state index in [9.17, 15) is 13.2 Å². The Balaban J connectivity index is 1.90. The molecule has 1 aromatic carbocycles. The molecule has 7 nitrogen and oxygen atoms in total. The van der Waals surface area contributed by atoms with Crippen LogP contribution < -0.4 is 5.32 Å². The second-order valence-electron chi connectivity index (χ2n) is 7.35. The summed E-state index contributed by atoms with van der Waals surface area (Å²) in [6.07, 6.45) is 1.81. The molecule has 2 aliphatic rings. The summed E-state index contributed by atoms with van der Waals surface area (Å²) in [6.45, 7) is 1.38. The van der Waals surface area contributed by atoms with E-state index in [0.717, 1.165) is 25.5 Å². The molecule has 1 N–H and O–H groups in total. The Morgan fingerprint density at radius 2 is 1.93 bits per heavy atom. The summed E-state index contributed by atoms with van der Waals surface area (Å²) in [6, 6.07) is 9.46. The van der Waals surface area contributed by atoms with Crippen molar-refractivity contribution in [1.82, 2.24) is 5.32 Å². The van der Waals surface area contributed by atoms with Gasteiger partial charge in [0.1, 0.15) is 12.1 Å². The lowest BCUT2D eigenvalue weighted by Gasteiger charge is -2.49. The summed E-state index contributed by atoms with van der Waals surface area (Å²) in [5.74, 6) is -0.165. The van der Waals surface area contributed by atoms with Crippen LogP contribution in [-0.4, -0.2) is 52.2 Å². The number of methoxy groups -OCH3 is 1. The minimum absolute atomic E-state index is 0.165. The number of benzene rings is 1. The number of rotatable bonds is 5. The summed E-state index contributed by atoms with van der Waals surface area (Å²) < 4.78 is 40.8. The average molecular weight is 397 g/mol. The van der Waals surface area contributed by atoms with Gasteiger partial charge in [0.05, 0.1) is 12.4 Å². The summed E-state index contributed by atoms with van der Waals surface area (Å²) >= 11 is 0. The molecule has 0 radical (unpaired) electrons. The van der Waals surface area contributed by atoms with Crippen molar-refractivity contribution < 1.29 is 26.9 Å². The van der Waals surface area contributed by atoms with Crippen molar-refractivity contribution in [2.75, 3.05) is 13.4 Å². The highest BCUT2D eigenvalue weighted by atomic mass is 32.2. The van der Waals surface area contributed by atoms with Crippen molar-refractivity contribution in [2.24, 2.45) is 5.92 Å². The summed E-state index contributed by atoms with van der Waals surface area (Å²) in [5, 5.41) is 2.76. The van der Waals surface area contributed by atoms with Gasteiger partial charge in [-0.2, -0.15) is 8.42 Å². The second-order valence-corrected chi connectivity index (χ2v) is 8.96. The number of hydrogen-bond acceptors (Lipinski definition) is 6. The third-order valence-electron chi connectivity index (χ3n) is 5.37. The first-order valence-electron chi connectivity index (χ1n) is 9.17. The van der Waals surface area contributed by atoms with Crippen LogP contribution in [0.5, 0.6) is 0 Å². The molecule has 1 amide bonds. The van der Waals surface area contributed by atoms with E-state index < -0.39 is 28.6 Å². The molecule has 1 aliphatic carbocycles. The summed E-state index contributed by atoms with van der Waals surface area (Å²) in [5.41, 5.74) is 1.22. The Bertz CT molecular complexity index is 753. The van der Waals surface area contributed by atoms with E-state index in [-0.39, 0.29) is 17.9 Å². The lowest BCUT2D eigenvalue weighted by atomic mass is 9.71. The first kappa shape index (κ1) is 20.3. The molecule has 3 rings (SSSR count). The molecule has 1 saturated heterocycles. The number of ether oxygens (including phenoxy) is 2. The van der Waals surface area contributed by atoms with Crippen molar-refractivity contribution >= 4 is 16.0 Å². The van der Waals surface area contributed by atoms with E-state index in [1.807, 2.05) is 18.2 Å². The standard InChI is InChI=1S/C19H27NO6S/c1-12(21)20-17-18(26-27(3,22)23)15-11-14(13-7-5-4-6-8-13)9-10-16(15)25-19(17)24-2/h4-8,14-19H,9-11H2,1-3H3,(H,20,21)/t14-,15+,16+,17+,18+,19+/m1/s1. The lowest BCUT2D eigenvalue weighted by molar-refractivity contribution is -0.245. The largest absolute Gasteiger partial charge is 0.354 e. The SMILES string of the molecule is CO[C@H]1O[C@H]2CC[C@@H](c3ccccc3)C[C@@H]2[C@H](OS(C)(=O)=O)[C@@H]1NC(C)=O. The number of hydrogen-bond donors (Lipinski definition) is 1. The molecule has 2 fully saturated rings. The predicted molar refractivity (Wildman–Crippen MR) is 99.5 cm³/mol. The molecule has 6 atom stereocenters. The second kappa shape index (κ2) is 8.26. The fourth-order valence-electron chi connectivity index (χ4n) is 4.32. The molecule has 0 aromatic heterocycles. The van der Waals surface area contributed by atoms with Gasteiger partial charge in [-0.25, -0.2) is 0 Å². The highest BCUT2D eigenvalue weighted by Crippen LogP contribution is 2.44. The van der Waals surface area contributed by atoms with E-state index in [4.69, 9.17) is 13.7 Å². The molecule has 1 heterocycles. The van der Waals surface area contributed by atoms with Gasteiger partial charge in [-0.05, 0) is 30.7 Å². The maximum absolute atomic E-state index is 11.9. The molecule has 0 bridgehead atoms. The minimum Gasteiger partial charge on any atom is -0.354 e. The van der Waals surface area contributed by atoms with Gasteiger partial charge in [-0.15, -0.1) is 0 Å². The van der Waals surface area contributed by atoms with Gasteiger partial charge in [-0.1, -0.05) is 30.3 Å². The zero-order valence-corrected chi connectivity index (χ0v) is 16.6. The molecule has 1 saturated carbocycles. The number of amides is 1. The number of carbonyl (C=O) groups excluding carboxylic acids is 1. The van der Waals surface area contributed by atoms with E-state index in [0.29, 0.717) is 5.92 Å². The topological polar surface area (TPSA) is 90.9 Å². The Morgan fingerprint density at radius 1 is 1.22 bits per heavy atom. The van der Waals surface area contributed by atoms with Crippen molar-refractivity contribution in [3.8, 4) is 0 Å². The molecular weight excluding hydrogens is 370 g/mol. The molecule has 0 spiro atoms. The van der Waals surface area contributed by atoms with Gasteiger partial charge >= 0.3 is 0 Å². The van der Waals surface area contributed by atoms with Gasteiger partial charge < -0.3 is 14.8 Å². The lowest BCUT2D eigenvalue weighted by Crippen LogP contribution is -2.63. The van der Waals surface area contributed by atoms with E-state index in [1.54, 1.807) is 0 Å². The van der Waals surface area contributed by atoms with Crippen LogP contribution in [0.15, 0.2) is 30.3 Å². The maximum Gasteiger partial charge on any atom is 0.264 e. The van der Waals surface area contributed by atoms with Crippen LogP contribution in [-0.2, 0) is 28.6 Å². The van der Waals surface area contributed by atoms with E-state index in [2.05, 4.69) is 17.4 Å². The summed E-state index contributed by atoms with van der Waals surface area (Å²) in [4.78, 5) is 11.7. The van der Waals surface area contributed by atoms with Crippen molar-refractivity contribution in [3.63, 3.8) is 0 Å². The van der Waals surface area contributed by atoms with Gasteiger partial charge in [-0.3, -0.25) is 8.98 Å². The quantitative estimate of drug-likeness (QED) is 0.762. The van der Waals surface area contributed by atoms with Crippen LogP contribution in [0, 0.1) is 5.92 Å². The molecule has 8 heteroatoms. The Labute approximate surface area is 160 Å². The van der Waals surface area contributed by atoms with Crippen molar-refractivity contribution in [3.05, 3.63) is 35.9 Å². The van der Waals surface area contributed by atoms with Gasteiger partial charge in [0.15, 0.2) is 6.29 Å². The Morgan fingerprint density at radius 3 is 2.52 bits per heavy atom. The molecule has 27 heavy (non-hydrogen) atoms. The van der Waals surface area contributed by atoms with Gasteiger partial charge in [0.25, 0.3) is 10.1 Å². The Hall–Kier alpha value is -1.48. The monoisotopic (exact) mass is 397 g/mol. The van der Waals surface area contributed by atoms with Crippen LogP contribution in [0.1, 0.15) is 37.7 Å². The van der Waals surface area contributed by atoms with Gasteiger partial charge in [0, 0.05) is 20.0 Å². The fraction of sp³-hybridized carbons (Fsp3) is 0.632. The number of nitrogens with one attached hydrogen (secondary N) is 1. The average Bonchev–Trinajstić information content (AvgIpc) is 2.62. The fourth-order valence-corrected chi connectivity index (χ4v) is 4.98. The summed E-state index contributed by atoms with van der Waals surface area (Å²) in [7, 11) is -2.24. The first-order valence-corrected chi connectivity index (χ1v) is 11.0. The number of fused-ring (bicyclic) bond motifs is 1. The minimum atomic E-state index is -3.72. The smallest absolute Gasteiger partial charge is 0.264 e. The molecule has 0 unspecified atom stereocenters. The highest BCUT2D eigenvalue weighted by molar-refractivity contribution is 7.86. The van der Waals surface area contributed by atoms with Gasteiger partial charge in [0.2, 0.25) is 5.91 Å². The third-order valence-corrected chi connectivity index (χ3v) is 5.94. The van der Waals surface area contributed by atoms with Crippen LogP contribution in [0.4, 0.5) is 0 Å². The first-order chi connectivity index (χ1) is 12.8. The van der Waals surface area contributed by atoms with E-state index in [1.165, 1.54) is 19.6 Å². The van der Waals surface area contributed by atoms with Crippen molar-refractivity contribution in [2.45, 2.75) is 56.6 Å². The van der Waals surface area contributed by atoms with Crippen LogP contribution in [0.2, 0.25) is 0 Å². The highest BCUT2D eigenvalue weighted by Gasteiger charge is 2.50. The molecule has 1 aromatic rings. The number of carbonyl (C=O) groups is 1. The van der Waals surface area contributed by atoms with E-state index >= 15 is 0 Å². The molecular formula is C19H27NO6S. The van der Waals surface area contributed by atoms with Crippen LogP contribution >= 0.6 is 0 Å². The zero-order chi connectivity index (χ0) is 19.6. The molecule has 1 aliphatic heterocycles. The van der Waals surface area contributed by atoms with Crippen LogP contribution in [0.25, 0.3) is 0 Å². The normalized spacial score (nSPS) is 33.9. The maximum atomic E-state index is 11.9. The predicted octanol–water partition coefficient (Wildman–Crippen LogP) is 1.79. The molecule has 150 valence electrons. The van der Waals surface area contributed by atoms with Crippen molar-refractivity contribution in [1.29, 1.82) is 0 Å². The Kier molecular flexibility index (Phi) is 6.20. The van der Waals surface area contributed by atoms with Crippen LogP contribution in [0.3, 0.4) is 0 Å². The third kappa shape index (κ3) is 4.87.